The molecule has 1 fully saturated rings. The maximum absolute atomic E-state index is 5.87. The monoisotopic (exact) mass is 222 g/mol. The molecule has 0 radical (unpaired) electrons. The number of piperazine rings is 1. The predicted octanol–water partition coefficient (Wildman–Crippen LogP) is -0.181. The Kier molecular flexibility index (Phi) is 3.09. The molecular weight excluding hydrogens is 204 g/mol. The van der Waals surface area contributed by atoms with Crippen molar-refractivity contribution < 1.29 is 0 Å². The van der Waals surface area contributed by atoms with E-state index in [1.54, 1.807) is 0 Å². The lowest BCUT2D eigenvalue weighted by atomic mass is 10.3. The van der Waals surface area contributed by atoms with Crippen molar-refractivity contribution in [2.24, 2.45) is 0 Å². The molecule has 2 rings (SSSR count). The van der Waals surface area contributed by atoms with Crippen LogP contribution in [0.15, 0.2) is 0 Å². The minimum Gasteiger partial charge on any atom is -0.383 e. The van der Waals surface area contributed by atoms with Crippen LogP contribution in [0.5, 0.6) is 0 Å². The Labute approximate surface area is 95.3 Å². The average molecular weight is 222 g/mol. The van der Waals surface area contributed by atoms with Gasteiger partial charge < -0.3 is 21.3 Å². The van der Waals surface area contributed by atoms with Gasteiger partial charge in [0, 0.05) is 38.8 Å². The molecular formula is C10H18N6. The Hall–Kier alpha value is -1.56. The van der Waals surface area contributed by atoms with E-state index in [2.05, 4.69) is 25.5 Å². The summed E-state index contributed by atoms with van der Waals surface area (Å²) in [6.45, 7) is 5.69. The van der Waals surface area contributed by atoms with E-state index in [4.69, 9.17) is 5.73 Å². The second-order valence-corrected chi connectivity index (χ2v) is 3.87. The number of hydrogen-bond donors (Lipinski definition) is 3. The molecule has 1 aliphatic rings. The zero-order valence-corrected chi connectivity index (χ0v) is 9.75. The van der Waals surface area contributed by atoms with Crippen LogP contribution < -0.4 is 21.3 Å². The third kappa shape index (κ3) is 2.01. The SMILES string of the molecule is CNc1nc(N2CCNCC2)nc(N)c1C. The van der Waals surface area contributed by atoms with Crippen molar-refractivity contribution in [1.82, 2.24) is 15.3 Å². The molecule has 0 spiro atoms. The maximum Gasteiger partial charge on any atom is 0.229 e. The van der Waals surface area contributed by atoms with Crippen LogP contribution in [0.2, 0.25) is 0 Å². The molecule has 16 heavy (non-hydrogen) atoms. The first-order valence-electron chi connectivity index (χ1n) is 5.50. The molecule has 2 heterocycles. The van der Waals surface area contributed by atoms with Gasteiger partial charge in [-0.05, 0) is 6.92 Å². The van der Waals surface area contributed by atoms with Crippen molar-refractivity contribution >= 4 is 17.6 Å². The number of nitrogens with one attached hydrogen (secondary N) is 2. The second-order valence-electron chi connectivity index (χ2n) is 3.87. The van der Waals surface area contributed by atoms with Crippen LogP contribution in [0.3, 0.4) is 0 Å². The summed E-state index contributed by atoms with van der Waals surface area (Å²) < 4.78 is 0. The molecule has 0 aliphatic carbocycles. The fraction of sp³-hybridized carbons (Fsp3) is 0.600. The van der Waals surface area contributed by atoms with Crippen LogP contribution in [0.25, 0.3) is 0 Å². The molecule has 0 unspecified atom stereocenters. The van der Waals surface area contributed by atoms with Crippen LogP contribution in [-0.4, -0.2) is 43.2 Å². The lowest BCUT2D eigenvalue weighted by Gasteiger charge is -2.28. The third-order valence-electron chi connectivity index (χ3n) is 2.81. The van der Waals surface area contributed by atoms with Crippen LogP contribution in [0.1, 0.15) is 5.56 Å². The normalized spacial score (nSPS) is 16.2. The van der Waals surface area contributed by atoms with Crippen molar-refractivity contribution in [3.05, 3.63) is 5.56 Å². The summed E-state index contributed by atoms with van der Waals surface area (Å²) in [6, 6.07) is 0. The first-order valence-corrected chi connectivity index (χ1v) is 5.50. The van der Waals surface area contributed by atoms with Crippen LogP contribution in [0, 0.1) is 6.92 Å². The zero-order chi connectivity index (χ0) is 11.5. The van der Waals surface area contributed by atoms with Gasteiger partial charge >= 0.3 is 0 Å². The number of rotatable bonds is 2. The summed E-state index contributed by atoms with van der Waals surface area (Å²) in [6.07, 6.45) is 0. The van der Waals surface area contributed by atoms with Crippen molar-refractivity contribution in [1.29, 1.82) is 0 Å². The van der Waals surface area contributed by atoms with Gasteiger partial charge in [-0.15, -0.1) is 0 Å². The largest absolute Gasteiger partial charge is 0.383 e. The lowest BCUT2D eigenvalue weighted by Crippen LogP contribution is -2.44. The summed E-state index contributed by atoms with van der Waals surface area (Å²) in [5.41, 5.74) is 6.77. The molecule has 1 aromatic rings. The molecule has 88 valence electrons. The summed E-state index contributed by atoms with van der Waals surface area (Å²) >= 11 is 0. The van der Waals surface area contributed by atoms with E-state index in [0.29, 0.717) is 11.8 Å². The molecule has 0 bridgehead atoms. The predicted molar refractivity (Wildman–Crippen MR) is 65.8 cm³/mol. The van der Waals surface area contributed by atoms with E-state index in [9.17, 15) is 0 Å². The lowest BCUT2D eigenvalue weighted by molar-refractivity contribution is 0.580. The van der Waals surface area contributed by atoms with E-state index in [0.717, 1.165) is 37.6 Å². The van der Waals surface area contributed by atoms with Crippen molar-refractivity contribution in [2.45, 2.75) is 6.92 Å². The Balaban J connectivity index is 2.29. The Bertz CT molecular complexity index is 372. The second kappa shape index (κ2) is 4.52. The summed E-state index contributed by atoms with van der Waals surface area (Å²) in [7, 11) is 1.84. The van der Waals surface area contributed by atoms with E-state index in [1.165, 1.54) is 0 Å². The van der Waals surface area contributed by atoms with Crippen molar-refractivity contribution in [3.63, 3.8) is 0 Å². The van der Waals surface area contributed by atoms with E-state index >= 15 is 0 Å². The van der Waals surface area contributed by atoms with E-state index in [1.807, 2.05) is 14.0 Å². The van der Waals surface area contributed by atoms with E-state index < -0.39 is 0 Å². The Morgan fingerprint density at radius 3 is 2.62 bits per heavy atom. The van der Waals surface area contributed by atoms with Crippen LogP contribution in [0.4, 0.5) is 17.6 Å². The van der Waals surface area contributed by atoms with Crippen LogP contribution >= 0.6 is 0 Å². The topological polar surface area (TPSA) is 79.1 Å². The number of aromatic nitrogens is 2. The maximum atomic E-state index is 5.87. The van der Waals surface area contributed by atoms with Gasteiger partial charge in [0.05, 0.1) is 0 Å². The Morgan fingerprint density at radius 2 is 2.00 bits per heavy atom. The van der Waals surface area contributed by atoms with Crippen molar-refractivity contribution in [3.8, 4) is 0 Å². The van der Waals surface area contributed by atoms with Crippen molar-refractivity contribution in [2.75, 3.05) is 49.2 Å². The molecule has 1 aromatic heterocycles. The molecule has 1 saturated heterocycles. The molecule has 1 aliphatic heterocycles. The Morgan fingerprint density at radius 1 is 1.31 bits per heavy atom. The average Bonchev–Trinajstić information content (AvgIpc) is 2.33. The smallest absolute Gasteiger partial charge is 0.229 e. The molecule has 0 aromatic carbocycles. The van der Waals surface area contributed by atoms with Gasteiger partial charge in [0.2, 0.25) is 5.95 Å². The van der Waals surface area contributed by atoms with Gasteiger partial charge in [0.15, 0.2) is 0 Å². The molecule has 0 atom stereocenters. The number of hydrogen-bond acceptors (Lipinski definition) is 6. The minimum absolute atomic E-state index is 0.549. The molecule has 4 N–H and O–H groups in total. The van der Waals surface area contributed by atoms with Gasteiger partial charge in [0.1, 0.15) is 11.6 Å². The van der Waals surface area contributed by atoms with Gasteiger partial charge in [-0.3, -0.25) is 0 Å². The molecule has 0 saturated carbocycles. The fourth-order valence-corrected chi connectivity index (χ4v) is 1.77. The number of anilines is 3. The summed E-state index contributed by atoms with van der Waals surface area (Å²) in [5.74, 6) is 2.07. The van der Waals surface area contributed by atoms with Gasteiger partial charge in [0.25, 0.3) is 0 Å². The first-order chi connectivity index (χ1) is 7.72. The highest BCUT2D eigenvalue weighted by Crippen LogP contribution is 2.20. The number of nitrogens with two attached hydrogens (primary N) is 1. The van der Waals surface area contributed by atoms with E-state index in [-0.39, 0.29) is 0 Å². The molecule has 6 nitrogen and oxygen atoms in total. The number of nitrogens with zero attached hydrogens (tertiary/aromatic N) is 3. The van der Waals surface area contributed by atoms with Gasteiger partial charge in [-0.2, -0.15) is 9.97 Å². The summed E-state index contributed by atoms with van der Waals surface area (Å²) in [4.78, 5) is 10.9. The standard InChI is InChI=1S/C10H18N6/c1-7-8(11)14-10(15-9(7)12-2)16-5-3-13-4-6-16/h13H,3-6H2,1-2H3,(H3,11,12,14,15). The number of nitrogen functional groups attached to an aromatic ring is 1. The van der Waals surface area contributed by atoms with Gasteiger partial charge in [-0.1, -0.05) is 0 Å². The first kappa shape index (κ1) is 10.9. The fourth-order valence-electron chi connectivity index (χ4n) is 1.77. The molecule has 0 amide bonds. The highest BCUT2D eigenvalue weighted by molar-refractivity contribution is 5.58. The highest BCUT2D eigenvalue weighted by atomic mass is 15.3. The minimum atomic E-state index is 0.549. The third-order valence-corrected chi connectivity index (χ3v) is 2.81. The molecule has 6 heteroatoms. The highest BCUT2D eigenvalue weighted by Gasteiger charge is 2.15. The van der Waals surface area contributed by atoms with Gasteiger partial charge in [-0.25, -0.2) is 0 Å². The quantitative estimate of drug-likeness (QED) is 0.644. The zero-order valence-electron chi connectivity index (χ0n) is 9.75. The summed E-state index contributed by atoms with van der Waals surface area (Å²) in [5, 5.41) is 6.34. The van der Waals surface area contributed by atoms with Crippen LogP contribution in [-0.2, 0) is 0 Å².